The molecule has 0 aromatic heterocycles. The summed E-state index contributed by atoms with van der Waals surface area (Å²) in [5, 5.41) is 9.56. The molecule has 1 amide bonds. The number of rotatable bonds is 2. The summed E-state index contributed by atoms with van der Waals surface area (Å²) in [5.74, 6) is 0.188. The average molecular weight is 330 g/mol. The topological polar surface area (TPSA) is 40.5 Å². The van der Waals surface area contributed by atoms with E-state index >= 15 is 0 Å². The van der Waals surface area contributed by atoms with Crippen molar-refractivity contribution in [2.45, 2.75) is 24.3 Å². The molecule has 1 N–H and O–H groups in total. The Kier molecular flexibility index (Phi) is 4.35. The number of carbonyl (C=O) groups excluding carboxylic acids is 1. The van der Waals surface area contributed by atoms with Gasteiger partial charge >= 0.3 is 0 Å². The number of likely N-dealkylation sites (tertiary alicyclic amines) is 1. The summed E-state index contributed by atoms with van der Waals surface area (Å²) in [4.78, 5) is 14.9. The predicted octanol–water partition coefficient (Wildman–Crippen LogP) is 2.58. The summed E-state index contributed by atoms with van der Waals surface area (Å²) >= 11 is 7.65. The van der Waals surface area contributed by atoms with E-state index in [4.69, 9.17) is 0 Å². The first kappa shape index (κ1) is 13.9. The first-order chi connectivity index (χ1) is 8.49. The zero-order valence-corrected chi connectivity index (χ0v) is 12.6. The molecule has 5 heteroatoms. The Bertz CT molecular complexity index is 464. The molecule has 2 unspecified atom stereocenters. The van der Waals surface area contributed by atoms with Crippen LogP contribution in [0.2, 0.25) is 0 Å². The fourth-order valence-electron chi connectivity index (χ4n) is 2.21. The third-order valence-corrected chi connectivity index (χ3v) is 4.34. The lowest BCUT2D eigenvalue weighted by molar-refractivity contribution is 0.0761. The van der Waals surface area contributed by atoms with E-state index in [2.05, 4.69) is 28.6 Å². The maximum atomic E-state index is 12.4. The molecular formula is C13H16BrNO2S. The minimum Gasteiger partial charge on any atom is -0.393 e. The minimum absolute atomic E-state index is 0.000856. The summed E-state index contributed by atoms with van der Waals surface area (Å²) in [5.41, 5.74) is 0.633. The molecule has 1 aromatic rings. The summed E-state index contributed by atoms with van der Waals surface area (Å²) in [7, 11) is 0. The van der Waals surface area contributed by atoms with Gasteiger partial charge in [-0.3, -0.25) is 4.79 Å². The molecule has 1 aromatic carbocycles. The molecule has 98 valence electrons. The van der Waals surface area contributed by atoms with Crippen molar-refractivity contribution in [3.05, 3.63) is 28.2 Å². The normalized spacial score (nSPS) is 21.1. The standard InChI is InChI=1S/C13H16BrNO2S/c1-8(16)9-4-5-15(7-9)13(17)11-6-10(18)2-3-12(11)14/h2-3,6,8-9,16,18H,4-5,7H2,1H3. The van der Waals surface area contributed by atoms with Gasteiger partial charge < -0.3 is 10.0 Å². The van der Waals surface area contributed by atoms with E-state index in [0.29, 0.717) is 18.7 Å². The molecule has 1 fully saturated rings. The Labute approximate surface area is 121 Å². The number of aliphatic hydroxyl groups is 1. The fourth-order valence-corrected chi connectivity index (χ4v) is 2.83. The number of hydrogen-bond donors (Lipinski definition) is 2. The third kappa shape index (κ3) is 2.90. The van der Waals surface area contributed by atoms with E-state index in [-0.39, 0.29) is 17.9 Å². The number of amides is 1. The average Bonchev–Trinajstić information content (AvgIpc) is 2.81. The first-order valence-corrected chi connectivity index (χ1v) is 7.19. The van der Waals surface area contributed by atoms with E-state index in [0.717, 1.165) is 15.8 Å². The lowest BCUT2D eigenvalue weighted by Crippen LogP contribution is -2.30. The van der Waals surface area contributed by atoms with Crippen LogP contribution in [0.15, 0.2) is 27.6 Å². The second-order valence-corrected chi connectivity index (χ2v) is 6.08. The summed E-state index contributed by atoms with van der Waals surface area (Å²) in [6, 6.07) is 5.44. The third-order valence-electron chi connectivity index (χ3n) is 3.37. The van der Waals surface area contributed by atoms with Crippen molar-refractivity contribution in [2.24, 2.45) is 5.92 Å². The number of aliphatic hydroxyl groups excluding tert-OH is 1. The van der Waals surface area contributed by atoms with Crippen LogP contribution in [0.3, 0.4) is 0 Å². The van der Waals surface area contributed by atoms with Crippen LogP contribution in [-0.2, 0) is 0 Å². The van der Waals surface area contributed by atoms with Gasteiger partial charge in [-0.15, -0.1) is 12.6 Å². The van der Waals surface area contributed by atoms with Gasteiger partial charge in [-0.05, 0) is 47.5 Å². The van der Waals surface area contributed by atoms with Crippen molar-refractivity contribution >= 4 is 34.5 Å². The number of thiol groups is 1. The Balaban J connectivity index is 2.15. The van der Waals surface area contributed by atoms with Crippen LogP contribution < -0.4 is 0 Å². The number of hydrogen-bond acceptors (Lipinski definition) is 3. The van der Waals surface area contributed by atoms with E-state index in [1.54, 1.807) is 17.9 Å². The number of carbonyl (C=O) groups is 1. The van der Waals surface area contributed by atoms with Crippen LogP contribution in [-0.4, -0.2) is 35.1 Å². The molecule has 0 bridgehead atoms. The van der Waals surface area contributed by atoms with Crippen molar-refractivity contribution in [2.75, 3.05) is 13.1 Å². The summed E-state index contributed by atoms with van der Waals surface area (Å²) in [6.07, 6.45) is 0.504. The highest BCUT2D eigenvalue weighted by Crippen LogP contribution is 2.26. The zero-order valence-electron chi connectivity index (χ0n) is 10.1. The SMILES string of the molecule is CC(O)C1CCN(C(=O)c2cc(S)ccc2Br)C1. The van der Waals surface area contributed by atoms with Gasteiger partial charge in [0.25, 0.3) is 5.91 Å². The minimum atomic E-state index is -0.359. The molecule has 3 nitrogen and oxygen atoms in total. The van der Waals surface area contributed by atoms with Crippen molar-refractivity contribution < 1.29 is 9.90 Å². The molecule has 1 aliphatic heterocycles. The van der Waals surface area contributed by atoms with E-state index in [9.17, 15) is 9.90 Å². The predicted molar refractivity (Wildman–Crippen MR) is 77.1 cm³/mol. The molecule has 0 aliphatic carbocycles. The van der Waals surface area contributed by atoms with Crippen molar-refractivity contribution in [3.8, 4) is 0 Å². The molecule has 0 spiro atoms. The molecule has 2 rings (SSSR count). The van der Waals surface area contributed by atoms with Gasteiger partial charge in [-0.2, -0.15) is 0 Å². The van der Waals surface area contributed by atoms with E-state index < -0.39 is 0 Å². The number of halogens is 1. The van der Waals surface area contributed by atoms with Gasteiger partial charge in [-0.1, -0.05) is 0 Å². The molecule has 0 radical (unpaired) electrons. The zero-order chi connectivity index (χ0) is 13.3. The van der Waals surface area contributed by atoms with Gasteiger partial charge in [-0.25, -0.2) is 0 Å². The fraction of sp³-hybridized carbons (Fsp3) is 0.462. The summed E-state index contributed by atoms with van der Waals surface area (Å²) < 4.78 is 0.783. The van der Waals surface area contributed by atoms with Gasteiger partial charge in [0.1, 0.15) is 0 Å². The number of benzene rings is 1. The van der Waals surface area contributed by atoms with Crippen LogP contribution in [0.1, 0.15) is 23.7 Å². The molecule has 18 heavy (non-hydrogen) atoms. The molecule has 0 saturated carbocycles. The lowest BCUT2D eigenvalue weighted by atomic mass is 10.0. The van der Waals surface area contributed by atoms with Gasteiger partial charge in [0.15, 0.2) is 0 Å². The number of nitrogens with zero attached hydrogens (tertiary/aromatic N) is 1. The Morgan fingerprint density at radius 1 is 1.61 bits per heavy atom. The highest BCUT2D eigenvalue weighted by molar-refractivity contribution is 9.10. The van der Waals surface area contributed by atoms with Crippen molar-refractivity contribution in [1.82, 2.24) is 4.90 Å². The van der Waals surface area contributed by atoms with Crippen LogP contribution in [0, 0.1) is 5.92 Å². The van der Waals surface area contributed by atoms with Crippen LogP contribution in [0.25, 0.3) is 0 Å². The second kappa shape index (κ2) is 5.63. The van der Waals surface area contributed by atoms with Gasteiger partial charge in [0, 0.05) is 28.4 Å². The van der Waals surface area contributed by atoms with Crippen LogP contribution >= 0.6 is 28.6 Å². The van der Waals surface area contributed by atoms with Crippen molar-refractivity contribution in [3.63, 3.8) is 0 Å². The van der Waals surface area contributed by atoms with E-state index in [1.165, 1.54) is 0 Å². The first-order valence-electron chi connectivity index (χ1n) is 5.95. The van der Waals surface area contributed by atoms with Gasteiger partial charge in [0.2, 0.25) is 0 Å². The Morgan fingerprint density at radius 3 is 2.94 bits per heavy atom. The van der Waals surface area contributed by atoms with Gasteiger partial charge in [0.05, 0.1) is 11.7 Å². The molecule has 1 aliphatic rings. The highest BCUT2D eigenvalue weighted by Gasteiger charge is 2.30. The van der Waals surface area contributed by atoms with Crippen molar-refractivity contribution in [1.29, 1.82) is 0 Å². The molecule has 2 atom stereocenters. The van der Waals surface area contributed by atoms with Crippen LogP contribution in [0.4, 0.5) is 0 Å². The smallest absolute Gasteiger partial charge is 0.255 e. The maximum absolute atomic E-state index is 12.4. The molecule has 1 saturated heterocycles. The molecule has 1 heterocycles. The second-order valence-electron chi connectivity index (χ2n) is 4.70. The van der Waals surface area contributed by atoms with Crippen LogP contribution in [0.5, 0.6) is 0 Å². The van der Waals surface area contributed by atoms with E-state index in [1.807, 2.05) is 12.1 Å². The highest BCUT2D eigenvalue weighted by atomic mass is 79.9. The maximum Gasteiger partial charge on any atom is 0.255 e. The summed E-state index contributed by atoms with van der Waals surface area (Å²) in [6.45, 7) is 3.11. The lowest BCUT2D eigenvalue weighted by Gasteiger charge is -2.18. The Hall–Kier alpha value is -0.520. The Morgan fingerprint density at radius 2 is 2.33 bits per heavy atom. The molecular weight excluding hydrogens is 314 g/mol. The monoisotopic (exact) mass is 329 g/mol. The quantitative estimate of drug-likeness (QED) is 0.819. The largest absolute Gasteiger partial charge is 0.393 e.